The minimum atomic E-state index is -1.77. The van der Waals surface area contributed by atoms with E-state index in [-0.39, 0.29) is 110 Å². The van der Waals surface area contributed by atoms with Gasteiger partial charge in [-0.1, -0.05) is 211 Å². The summed E-state index contributed by atoms with van der Waals surface area (Å²) >= 11 is 3.45. The van der Waals surface area contributed by atoms with E-state index in [1.807, 2.05) is 36.4 Å². The maximum Gasteiger partial charge on any atom is 0.341 e. The fourth-order valence-corrected chi connectivity index (χ4v) is 16.3. The van der Waals surface area contributed by atoms with Crippen LogP contribution in [0.5, 0.6) is 5.75 Å². The molecule has 8 N–H and O–H groups in total. The summed E-state index contributed by atoms with van der Waals surface area (Å²) in [6.07, 6.45) is 9.55. The molecular weight excluding hydrogens is 1470 g/mol. The summed E-state index contributed by atoms with van der Waals surface area (Å²) in [5, 5.41) is 62.4. The van der Waals surface area contributed by atoms with Crippen LogP contribution in [0.25, 0.3) is 6.08 Å². The Hall–Kier alpha value is -10.2. The molecule has 0 heterocycles. The summed E-state index contributed by atoms with van der Waals surface area (Å²) in [4.78, 5) is 81.7. The molecule has 2 amide bonds. The molecule has 0 radical (unpaired) electrons. The van der Waals surface area contributed by atoms with Crippen LogP contribution >= 0.6 is 15.9 Å². The number of carboxylic acids is 4. The number of aromatic hydroxyl groups is 1. The highest BCUT2D eigenvalue weighted by Crippen LogP contribution is 2.55. The molecule has 0 aromatic heterocycles. The summed E-state index contributed by atoms with van der Waals surface area (Å²) < 4.78 is 28.4. The normalized spacial score (nSPS) is 17.1. The average molecular weight is 1590 g/mol. The van der Waals surface area contributed by atoms with Crippen molar-refractivity contribution < 1.29 is 78.7 Å². The number of rotatable bonds is 14. The van der Waals surface area contributed by atoms with Crippen LogP contribution in [0.1, 0.15) is 310 Å². The van der Waals surface area contributed by atoms with E-state index in [1.54, 1.807) is 72.8 Å². The maximum absolute atomic E-state index is 14.0. The number of hydrogen-bond donors (Lipinski definition) is 8. The monoisotopic (exact) mass is 1580 g/mol. The third kappa shape index (κ3) is 18.9. The van der Waals surface area contributed by atoms with Crippen molar-refractivity contribution in [1.82, 2.24) is 0 Å². The molecule has 8 aromatic carbocycles. The minimum absolute atomic E-state index is 0. The Kier molecular flexibility index (Phi) is 26.2. The zero-order valence-electron chi connectivity index (χ0n) is 64.9. The zero-order chi connectivity index (χ0) is 80.8. The van der Waals surface area contributed by atoms with Gasteiger partial charge in [-0.25, -0.2) is 28.0 Å². The highest BCUT2D eigenvalue weighted by molar-refractivity contribution is 9.10. The van der Waals surface area contributed by atoms with Gasteiger partial charge in [0, 0.05) is 45.3 Å². The van der Waals surface area contributed by atoms with Gasteiger partial charge in [-0.3, -0.25) is 14.4 Å². The molecule has 12 rings (SSSR count). The van der Waals surface area contributed by atoms with E-state index in [0.29, 0.717) is 27.9 Å². The number of ketones is 1. The molecule has 8 aromatic rings. The van der Waals surface area contributed by atoms with Crippen LogP contribution in [-0.2, 0) is 49.7 Å². The number of carboxylic acid groups (broad SMARTS) is 4. The highest BCUT2D eigenvalue weighted by Gasteiger charge is 2.46. The fraction of sp³-hybridized carbons (Fsp3) is 0.366. The van der Waals surface area contributed by atoms with E-state index in [1.165, 1.54) is 46.4 Å². The number of nitrogens with one attached hydrogen (secondary N) is 2. The topological polar surface area (TPSA) is 265 Å². The second kappa shape index (κ2) is 33.0. The highest BCUT2D eigenvalue weighted by atomic mass is 79.9. The Morgan fingerprint density at radius 2 is 0.856 bits per heavy atom. The van der Waals surface area contributed by atoms with Gasteiger partial charge in [-0.2, -0.15) is 0 Å². The Morgan fingerprint density at radius 3 is 1.35 bits per heavy atom. The number of aromatic carboxylic acids is 4. The number of fused-ring (bicyclic) bond motifs is 4. The number of carbonyl (C=O) groups excluding carboxylic acids is 3. The zero-order valence-corrected chi connectivity index (χ0v) is 66.5. The number of benzene rings is 8. The molecule has 18 heteroatoms. The van der Waals surface area contributed by atoms with Crippen LogP contribution in [-0.4, -0.2) is 72.1 Å². The minimum Gasteiger partial charge on any atom is -0.505 e. The van der Waals surface area contributed by atoms with Crippen molar-refractivity contribution in [3.63, 3.8) is 0 Å². The van der Waals surface area contributed by atoms with Crippen LogP contribution in [0.3, 0.4) is 0 Å². The smallest absolute Gasteiger partial charge is 0.341 e. The second-order valence-corrected chi connectivity index (χ2v) is 34.9. The number of phenols is 1. The van der Waals surface area contributed by atoms with Crippen LogP contribution in [0.15, 0.2) is 168 Å². The number of phenolic OH excluding ortho intramolecular Hbond substituents is 1. The largest absolute Gasteiger partial charge is 0.505 e. The average Bonchev–Trinajstić information content (AvgIpc) is 1.57. The molecule has 0 fully saturated rings. The van der Waals surface area contributed by atoms with Gasteiger partial charge in [0.2, 0.25) is 0 Å². The molecule has 15 nitrogen and oxygen atoms in total. The van der Waals surface area contributed by atoms with Gasteiger partial charge in [0.25, 0.3) is 11.8 Å². The molecule has 1 unspecified atom stereocenters. The van der Waals surface area contributed by atoms with Crippen molar-refractivity contribution in [3.8, 4) is 5.75 Å². The first-order valence-corrected chi connectivity index (χ1v) is 37.3. The lowest BCUT2D eigenvalue weighted by Crippen LogP contribution is -2.34. The quantitative estimate of drug-likeness (QED) is 0.0286. The molecule has 0 saturated carbocycles. The van der Waals surface area contributed by atoms with Gasteiger partial charge in [0.15, 0.2) is 11.5 Å². The van der Waals surface area contributed by atoms with Gasteiger partial charge in [-0.05, 0) is 233 Å². The molecule has 0 aliphatic heterocycles. The Balaban J connectivity index is 0.000000391. The molecular formula is C93H115BrF2N2O13. The first kappa shape index (κ1) is 88.0. The number of halogens is 3. The van der Waals surface area contributed by atoms with Crippen molar-refractivity contribution in [1.29, 1.82) is 0 Å². The van der Waals surface area contributed by atoms with E-state index in [9.17, 15) is 52.6 Å². The number of anilines is 2. The number of amides is 2. The predicted octanol–water partition coefficient (Wildman–Crippen LogP) is 23.4. The van der Waals surface area contributed by atoms with Crippen LogP contribution in [0.4, 0.5) is 20.2 Å². The second-order valence-electron chi connectivity index (χ2n) is 34.1. The van der Waals surface area contributed by atoms with Crippen molar-refractivity contribution in [2.75, 3.05) is 10.6 Å². The standard InChI is InChI=1S/C24H28O3.C23H26O3.C22H22BrF2NO4.C22H23NO3.2CH4.4H2/c1-23(2)13-14-24(3,4)20-15-18(10-11-19(20)23)21(25)12-7-16-5-8-17(9-6-16)22(26)27;1-22(2)11-12-23(3,4)19-14-17(9-10-18(19)22)20(24)13-15-5-7-16(8-6-15)21(25)26;1-21(2)5-6-22(3,4)16-11(21)9-14(18(27)17(16)23)26-19(28)10-7-12(24)15(20(29)30)13(25)8-10;1-13-21(2,3)17-11-8-15(12-18(17)22(13,4)5)19(24)23-16-9-6-14(7-10-16)20(25)26;;;;;;/h5-12,15,21,25H,13-14H2,1-4H3,(H,26,27);5-10,14H,11-13H2,1-4H3,(H,25,26);7-9,27H,5-6H2,1-4H3,(H,26,28)(H,29,30);6-12H,1H2,2-5H3,(H,23,24)(H,25,26);2*1H4;4*1H/b12-7+;;;;;;;;;. The van der Waals surface area contributed by atoms with E-state index < -0.39 is 58.6 Å². The lowest BCUT2D eigenvalue weighted by Gasteiger charge is -2.42. The molecule has 0 spiro atoms. The molecule has 596 valence electrons. The Labute approximate surface area is 666 Å². The molecule has 0 saturated heterocycles. The van der Waals surface area contributed by atoms with Gasteiger partial charge >= 0.3 is 23.9 Å². The lowest BCUT2D eigenvalue weighted by molar-refractivity contribution is 0.0677. The molecule has 4 aliphatic carbocycles. The van der Waals surface area contributed by atoms with E-state index in [0.717, 1.165) is 76.6 Å². The Morgan fingerprint density at radius 1 is 0.459 bits per heavy atom. The third-order valence-electron chi connectivity index (χ3n) is 22.9. The summed E-state index contributed by atoms with van der Waals surface area (Å²) in [6, 6.07) is 40.5. The van der Waals surface area contributed by atoms with Gasteiger partial charge < -0.3 is 41.3 Å². The van der Waals surface area contributed by atoms with Crippen LogP contribution in [0, 0.1) is 11.6 Å². The van der Waals surface area contributed by atoms with Crippen molar-refractivity contribution in [3.05, 3.63) is 280 Å². The van der Waals surface area contributed by atoms with E-state index in [4.69, 9.17) is 20.4 Å². The van der Waals surface area contributed by atoms with Gasteiger partial charge in [0.05, 0.1) is 33.0 Å². The van der Waals surface area contributed by atoms with Crippen molar-refractivity contribution in [2.45, 2.75) is 220 Å². The first-order valence-electron chi connectivity index (χ1n) is 36.5. The summed E-state index contributed by atoms with van der Waals surface area (Å²) in [5.74, 6) is -8.58. The van der Waals surface area contributed by atoms with Crippen LogP contribution < -0.4 is 10.6 Å². The lowest BCUT2D eigenvalue weighted by atomic mass is 9.63. The molecule has 1 atom stereocenters. The molecule has 4 aliphatic rings. The van der Waals surface area contributed by atoms with Crippen LogP contribution in [0.2, 0.25) is 0 Å². The van der Waals surface area contributed by atoms with Crippen molar-refractivity contribution >= 4 is 74.9 Å². The number of hydrogen-bond acceptors (Lipinski definition) is 9. The SMILES string of the molecule is C.C.C=C1C(C)(C)c2ccc(C(=O)Nc3ccc(C(=O)O)cc3)cc2C1(C)C.CC1(C)CCC(C)(C)c2c1cc(NC(=O)c1cc(F)c(C(=O)O)c(F)c1)c(O)c2Br.CC1(C)CCC(C)(C)c2cc(C(=O)Cc3ccc(C(=O)O)cc3)ccc21.CC1(C)CCC(C)(C)c2cc(C(O)/C=C/c3ccc(C(=O)O)cc3)ccc21.[HH].[HH].[HH].[HH]. The van der Waals surface area contributed by atoms with E-state index >= 15 is 0 Å². The number of Topliss-reactive ketones (excluding diaryl/α,β-unsaturated/α-hetero) is 1. The fourth-order valence-electron chi connectivity index (χ4n) is 15.3. The van der Waals surface area contributed by atoms with E-state index in [2.05, 4.69) is 168 Å². The summed E-state index contributed by atoms with van der Waals surface area (Å²) in [7, 11) is 0. The van der Waals surface area contributed by atoms with Gasteiger partial charge in [0.1, 0.15) is 17.2 Å². The number of aliphatic hydroxyl groups excluding tert-OH is 1. The third-order valence-corrected chi connectivity index (χ3v) is 23.7. The van der Waals surface area contributed by atoms with Crippen molar-refractivity contribution in [2.24, 2.45) is 0 Å². The Bertz CT molecular complexity index is 4980. The maximum atomic E-state index is 14.0. The first-order chi connectivity index (χ1) is 50.5. The number of carbonyl (C=O) groups is 7. The predicted molar refractivity (Wildman–Crippen MR) is 450 cm³/mol. The summed E-state index contributed by atoms with van der Waals surface area (Å²) in [5.41, 5.74) is 14.2. The molecule has 111 heavy (non-hydrogen) atoms. The number of aliphatic hydroxyl groups is 1. The number of allylic oxidation sites excluding steroid dienone is 1. The summed E-state index contributed by atoms with van der Waals surface area (Å²) in [6.45, 7) is 39.4. The van der Waals surface area contributed by atoms with Gasteiger partial charge in [-0.15, -0.1) is 0 Å². The molecule has 0 bridgehead atoms.